The molecular formula is C13H9BrOS. The molecule has 2 aromatic rings. The maximum absolute atomic E-state index is 10.5. The van der Waals surface area contributed by atoms with Gasteiger partial charge in [-0.15, -0.1) is 0 Å². The Hall–Kier alpha value is -1.06. The molecule has 0 unspecified atom stereocenters. The van der Waals surface area contributed by atoms with Crippen molar-refractivity contribution in [3.8, 4) is 0 Å². The van der Waals surface area contributed by atoms with Crippen LogP contribution in [-0.2, 0) is 0 Å². The second-order valence-electron chi connectivity index (χ2n) is 3.22. The fourth-order valence-electron chi connectivity index (χ4n) is 1.27. The van der Waals surface area contributed by atoms with Crippen LogP contribution in [0.1, 0.15) is 10.4 Å². The summed E-state index contributed by atoms with van der Waals surface area (Å²) in [7, 11) is 0. The maximum atomic E-state index is 10.5. The predicted molar refractivity (Wildman–Crippen MR) is 70.1 cm³/mol. The molecule has 0 amide bonds. The third kappa shape index (κ3) is 2.74. The van der Waals surface area contributed by atoms with Gasteiger partial charge in [0.05, 0.1) is 0 Å². The molecule has 0 aliphatic heterocycles. The Kier molecular flexibility index (Phi) is 3.80. The SMILES string of the molecule is O=Cc1ccc(Sc2ccccc2Br)cc1. The minimum atomic E-state index is 0.705. The molecule has 0 fully saturated rings. The zero-order valence-electron chi connectivity index (χ0n) is 8.39. The molecule has 0 aliphatic rings. The van der Waals surface area contributed by atoms with Crippen molar-refractivity contribution in [2.75, 3.05) is 0 Å². The van der Waals surface area contributed by atoms with Crippen LogP contribution in [0, 0.1) is 0 Å². The molecule has 0 aliphatic carbocycles. The van der Waals surface area contributed by atoms with Crippen molar-refractivity contribution in [1.29, 1.82) is 0 Å². The molecule has 0 aromatic heterocycles. The Morgan fingerprint density at radius 1 is 1.00 bits per heavy atom. The molecule has 0 saturated carbocycles. The first-order valence-electron chi connectivity index (χ1n) is 4.77. The molecule has 0 N–H and O–H groups in total. The Balaban J connectivity index is 2.21. The summed E-state index contributed by atoms with van der Waals surface area (Å²) < 4.78 is 1.08. The van der Waals surface area contributed by atoms with Crippen molar-refractivity contribution in [3.05, 3.63) is 58.6 Å². The van der Waals surface area contributed by atoms with Crippen molar-refractivity contribution in [2.24, 2.45) is 0 Å². The van der Waals surface area contributed by atoms with Crippen molar-refractivity contribution < 1.29 is 4.79 Å². The molecule has 0 saturated heterocycles. The van der Waals surface area contributed by atoms with Crippen LogP contribution < -0.4 is 0 Å². The number of halogens is 1. The van der Waals surface area contributed by atoms with E-state index in [1.807, 2.05) is 42.5 Å². The van der Waals surface area contributed by atoms with E-state index in [0.717, 1.165) is 15.7 Å². The first-order chi connectivity index (χ1) is 7.79. The third-order valence-corrected chi connectivity index (χ3v) is 4.12. The summed E-state index contributed by atoms with van der Waals surface area (Å²) in [5.41, 5.74) is 0.705. The summed E-state index contributed by atoms with van der Waals surface area (Å²) in [5, 5.41) is 0. The molecule has 16 heavy (non-hydrogen) atoms. The summed E-state index contributed by atoms with van der Waals surface area (Å²) in [6.07, 6.45) is 0.854. The van der Waals surface area contributed by atoms with Crippen molar-refractivity contribution in [2.45, 2.75) is 9.79 Å². The highest BCUT2D eigenvalue weighted by Crippen LogP contribution is 2.33. The lowest BCUT2D eigenvalue weighted by Crippen LogP contribution is -1.79. The molecule has 2 aromatic carbocycles. The summed E-state index contributed by atoms with van der Waals surface area (Å²) in [6, 6.07) is 15.6. The van der Waals surface area contributed by atoms with Gasteiger partial charge in [0.2, 0.25) is 0 Å². The number of hydrogen-bond donors (Lipinski definition) is 0. The lowest BCUT2D eigenvalue weighted by molar-refractivity contribution is 0.112. The fourth-order valence-corrected chi connectivity index (χ4v) is 2.63. The highest BCUT2D eigenvalue weighted by molar-refractivity contribution is 9.10. The highest BCUT2D eigenvalue weighted by atomic mass is 79.9. The Morgan fingerprint density at radius 2 is 1.69 bits per heavy atom. The zero-order chi connectivity index (χ0) is 11.4. The van der Waals surface area contributed by atoms with Crippen LogP contribution in [0.2, 0.25) is 0 Å². The Morgan fingerprint density at radius 3 is 2.31 bits per heavy atom. The van der Waals surface area contributed by atoms with E-state index in [-0.39, 0.29) is 0 Å². The van der Waals surface area contributed by atoms with E-state index in [1.165, 1.54) is 4.90 Å². The molecule has 0 radical (unpaired) electrons. The lowest BCUT2D eigenvalue weighted by atomic mass is 10.2. The normalized spacial score (nSPS) is 10.1. The van der Waals surface area contributed by atoms with Crippen molar-refractivity contribution >= 4 is 34.0 Å². The second kappa shape index (κ2) is 5.32. The molecular weight excluding hydrogens is 284 g/mol. The average molecular weight is 293 g/mol. The molecule has 0 bridgehead atoms. The van der Waals surface area contributed by atoms with Gasteiger partial charge in [-0.2, -0.15) is 0 Å². The Labute approximate surface area is 107 Å². The van der Waals surface area contributed by atoms with Crippen LogP contribution in [0.3, 0.4) is 0 Å². The molecule has 0 atom stereocenters. The smallest absolute Gasteiger partial charge is 0.150 e. The van der Waals surface area contributed by atoms with Gasteiger partial charge in [0.1, 0.15) is 6.29 Å². The highest BCUT2D eigenvalue weighted by Gasteiger charge is 2.01. The van der Waals surface area contributed by atoms with Crippen LogP contribution in [0.5, 0.6) is 0 Å². The van der Waals surface area contributed by atoms with E-state index in [2.05, 4.69) is 22.0 Å². The van der Waals surface area contributed by atoms with Gasteiger partial charge in [-0.1, -0.05) is 36.0 Å². The van der Waals surface area contributed by atoms with Crippen LogP contribution in [0.15, 0.2) is 62.8 Å². The minimum Gasteiger partial charge on any atom is -0.298 e. The maximum Gasteiger partial charge on any atom is 0.150 e. The molecule has 3 heteroatoms. The number of rotatable bonds is 3. The van der Waals surface area contributed by atoms with Gasteiger partial charge in [0.25, 0.3) is 0 Å². The minimum absolute atomic E-state index is 0.705. The van der Waals surface area contributed by atoms with Crippen molar-refractivity contribution in [3.63, 3.8) is 0 Å². The standard InChI is InChI=1S/C13H9BrOS/c14-12-3-1-2-4-13(12)16-11-7-5-10(9-15)6-8-11/h1-9H. The number of benzene rings is 2. The van der Waals surface area contributed by atoms with Gasteiger partial charge in [-0.3, -0.25) is 4.79 Å². The summed E-state index contributed by atoms with van der Waals surface area (Å²) >= 11 is 5.18. The van der Waals surface area contributed by atoms with Gasteiger partial charge < -0.3 is 0 Å². The molecule has 0 heterocycles. The van der Waals surface area contributed by atoms with E-state index in [1.54, 1.807) is 11.8 Å². The third-order valence-electron chi connectivity index (χ3n) is 2.08. The number of carbonyl (C=O) groups is 1. The van der Waals surface area contributed by atoms with Gasteiger partial charge in [0.15, 0.2) is 0 Å². The van der Waals surface area contributed by atoms with Crippen LogP contribution in [-0.4, -0.2) is 6.29 Å². The molecule has 2 rings (SSSR count). The first kappa shape index (κ1) is 11.4. The van der Waals surface area contributed by atoms with Crippen LogP contribution >= 0.6 is 27.7 Å². The van der Waals surface area contributed by atoms with Gasteiger partial charge in [-0.05, 0) is 40.2 Å². The van der Waals surface area contributed by atoms with E-state index in [0.29, 0.717) is 5.56 Å². The number of aldehydes is 1. The van der Waals surface area contributed by atoms with E-state index in [9.17, 15) is 4.79 Å². The lowest BCUT2D eigenvalue weighted by Gasteiger charge is -2.03. The molecule has 0 spiro atoms. The first-order valence-corrected chi connectivity index (χ1v) is 6.38. The fraction of sp³-hybridized carbons (Fsp3) is 0. The quantitative estimate of drug-likeness (QED) is 0.780. The molecule has 80 valence electrons. The topological polar surface area (TPSA) is 17.1 Å². The Bertz CT molecular complexity index is 494. The largest absolute Gasteiger partial charge is 0.298 e. The van der Waals surface area contributed by atoms with Crippen LogP contribution in [0.4, 0.5) is 0 Å². The second-order valence-corrected chi connectivity index (χ2v) is 5.19. The predicted octanol–water partition coefficient (Wildman–Crippen LogP) is 4.41. The molecule has 1 nitrogen and oxygen atoms in total. The number of hydrogen-bond acceptors (Lipinski definition) is 2. The summed E-state index contributed by atoms with van der Waals surface area (Å²) in [4.78, 5) is 12.8. The average Bonchev–Trinajstić information content (AvgIpc) is 2.33. The van der Waals surface area contributed by atoms with E-state index in [4.69, 9.17) is 0 Å². The van der Waals surface area contributed by atoms with Crippen molar-refractivity contribution in [1.82, 2.24) is 0 Å². The van der Waals surface area contributed by atoms with Crippen LogP contribution in [0.25, 0.3) is 0 Å². The zero-order valence-corrected chi connectivity index (χ0v) is 10.8. The van der Waals surface area contributed by atoms with Gasteiger partial charge >= 0.3 is 0 Å². The van der Waals surface area contributed by atoms with Gasteiger partial charge in [-0.25, -0.2) is 0 Å². The summed E-state index contributed by atoms with van der Waals surface area (Å²) in [6.45, 7) is 0. The monoisotopic (exact) mass is 292 g/mol. The summed E-state index contributed by atoms with van der Waals surface area (Å²) in [5.74, 6) is 0. The van der Waals surface area contributed by atoms with E-state index >= 15 is 0 Å². The van der Waals surface area contributed by atoms with E-state index < -0.39 is 0 Å². The number of carbonyl (C=O) groups excluding carboxylic acids is 1. The van der Waals surface area contributed by atoms with Gasteiger partial charge in [0, 0.05) is 19.8 Å².